The topological polar surface area (TPSA) is 98.2 Å². The second-order valence-corrected chi connectivity index (χ2v) is 5.73. The molecule has 0 aliphatic heterocycles. The lowest BCUT2D eigenvalue weighted by molar-refractivity contribution is -0.161. The van der Waals surface area contributed by atoms with E-state index >= 15 is 0 Å². The summed E-state index contributed by atoms with van der Waals surface area (Å²) in [5.41, 5.74) is 0. The standard InChI is InChI=1S/C14H20N2O5S/c1-5-9-15(19)13(17)11(7-3)22(21)12(8-4)14(18)16(20)10-6-2/h5-8,11-12,19-20H,1-4,9-10H2/t11-,12-/m0/s1. The first kappa shape index (κ1) is 20.0. The summed E-state index contributed by atoms with van der Waals surface area (Å²) in [6.45, 7) is 13.2. The van der Waals surface area contributed by atoms with Crippen molar-refractivity contribution in [3.05, 3.63) is 50.6 Å². The van der Waals surface area contributed by atoms with E-state index in [1.807, 2.05) is 0 Å². The molecule has 0 bridgehead atoms. The first-order valence-electron chi connectivity index (χ1n) is 6.22. The van der Waals surface area contributed by atoms with E-state index in [-0.39, 0.29) is 13.1 Å². The molecule has 0 unspecified atom stereocenters. The highest BCUT2D eigenvalue weighted by molar-refractivity contribution is 7.88. The van der Waals surface area contributed by atoms with Crippen LogP contribution < -0.4 is 0 Å². The Morgan fingerprint density at radius 1 is 0.909 bits per heavy atom. The molecular weight excluding hydrogens is 308 g/mol. The molecule has 0 saturated heterocycles. The van der Waals surface area contributed by atoms with Crippen molar-refractivity contribution < 1.29 is 24.2 Å². The van der Waals surface area contributed by atoms with Crippen LogP contribution in [0.15, 0.2) is 50.6 Å². The molecule has 0 rings (SSSR count). The van der Waals surface area contributed by atoms with Gasteiger partial charge in [0.25, 0.3) is 11.8 Å². The van der Waals surface area contributed by atoms with Gasteiger partial charge >= 0.3 is 0 Å². The molecule has 122 valence electrons. The van der Waals surface area contributed by atoms with E-state index in [1.165, 1.54) is 12.2 Å². The maximum absolute atomic E-state index is 12.4. The van der Waals surface area contributed by atoms with E-state index in [0.29, 0.717) is 10.1 Å². The summed E-state index contributed by atoms with van der Waals surface area (Å²) in [4.78, 5) is 23.9. The number of hydrogen-bond donors (Lipinski definition) is 2. The average molecular weight is 328 g/mol. The Morgan fingerprint density at radius 3 is 1.45 bits per heavy atom. The second-order valence-electron chi connectivity index (χ2n) is 4.06. The van der Waals surface area contributed by atoms with E-state index in [4.69, 9.17) is 0 Å². The van der Waals surface area contributed by atoms with Gasteiger partial charge in [-0.1, -0.05) is 24.3 Å². The van der Waals surface area contributed by atoms with Crippen molar-refractivity contribution in [2.24, 2.45) is 0 Å². The number of hydrogen-bond acceptors (Lipinski definition) is 5. The smallest absolute Gasteiger partial charge is 0.265 e. The van der Waals surface area contributed by atoms with Crippen molar-refractivity contribution in [1.29, 1.82) is 0 Å². The van der Waals surface area contributed by atoms with Crippen LogP contribution in [-0.2, 0) is 20.4 Å². The van der Waals surface area contributed by atoms with Gasteiger partial charge in [-0.15, -0.1) is 26.3 Å². The molecule has 22 heavy (non-hydrogen) atoms. The van der Waals surface area contributed by atoms with E-state index in [0.717, 1.165) is 12.2 Å². The Balaban J connectivity index is 5.29. The molecule has 0 aliphatic rings. The van der Waals surface area contributed by atoms with Crippen LogP contribution >= 0.6 is 0 Å². The highest BCUT2D eigenvalue weighted by Gasteiger charge is 2.35. The van der Waals surface area contributed by atoms with E-state index in [2.05, 4.69) is 26.3 Å². The van der Waals surface area contributed by atoms with Gasteiger partial charge in [-0.3, -0.25) is 24.2 Å². The monoisotopic (exact) mass is 328 g/mol. The van der Waals surface area contributed by atoms with Gasteiger partial charge < -0.3 is 0 Å². The summed E-state index contributed by atoms with van der Waals surface area (Å²) in [7, 11) is -2.11. The number of carbonyl (C=O) groups is 2. The van der Waals surface area contributed by atoms with E-state index in [9.17, 15) is 24.2 Å². The van der Waals surface area contributed by atoms with E-state index in [1.54, 1.807) is 0 Å². The zero-order valence-electron chi connectivity index (χ0n) is 12.1. The SMILES string of the molecule is C=CCN(O)C(=O)[C@H](C=C)S(=O)[C@@H](C=C)C(=O)N(O)CC=C. The Kier molecular flexibility index (Phi) is 8.92. The minimum Gasteiger partial charge on any atom is -0.286 e. The lowest BCUT2D eigenvalue weighted by Crippen LogP contribution is -2.45. The van der Waals surface area contributed by atoms with Gasteiger partial charge in [-0.25, -0.2) is 10.1 Å². The van der Waals surface area contributed by atoms with Crippen LogP contribution in [0.4, 0.5) is 0 Å². The van der Waals surface area contributed by atoms with Crippen molar-refractivity contribution in [2.75, 3.05) is 13.1 Å². The predicted octanol–water partition coefficient (Wildman–Crippen LogP) is 0.652. The summed E-state index contributed by atoms with van der Waals surface area (Å²) in [6.07, 6.45) is 4.67. The summed E-state index contributed by atoms with van der Waals surface area (Å²) < 4.78 is 12.4. The number of rotatable bonds is 10. The molecule has 0 heterocycles. The lowest BCUT2D eigenvalue weighted by Gasteiger charge is -2.23. The van der Waals surface area contributed by atoms with Gasteiger partial charge in [0.15, 0.2) is 0 Å². The predicted molar refractivity (Wildman–Crippen MR) is 83.5 cm³/mol. The van der Waals surface area contributed by atoms with Crippen LogP contribution in [0.2, 0.25) is 0 Å². The Bertz CT molecular complexity index is 450. The van der Waals surface area contributed by atoms with Crippen molar-refractivity contribution in [1.82, 2.24) is 10.1 Å². The van der Waals surface area contributed by atoms with Gasteiger partial charge in [-0.2, -0.15) is 0 Å². The summed E-state index contributed by atoms with van der Waals surface area (Å²) in [6, 6.07) is 0. The Hall–Kier alpha value is -2.03. The van der Waals surface area contributed by atoms with Crippen molar-refractivity contribution in [3.63, 3.8) is 0 Å². The number of nitrogens with zero attached hydrogens (tertiary/aromatic N) is 2. The fourth-order valence-corrected chi connectivity index (χ4v) is 2.80. The maximum Gasteiger partial charge on any atom is 0.265 e. The summed E-state index contributed by atoms with van der Waals surface area (Å²) >= 11 is 0. The molecule has 2 atom stereocenters. The molecule has 0 aromatic carbocycles. The fourth-order valence-electron chi connectivity index (χ4n) is 1.47. The van der Waals surface area contributed by atoms with Crippen LogP contribution in [0.5, 0.6) is 0 Å². The largest absolute Gasteiger partial charge is 0.286 e. The van der Waals surface area contributed by atoms with Crippen LogP contribution in [0, 0.1) is 0 Å². The van der Waals surface area contributed by atoms with Crippen LogP contribution in [0.25, 0.3) is 0 Å². The van der Waals surface area contributed by atoms with Gasteiger partial charge in [-0.05, 0) is 0 Å². The molecule has 0 aromatic heterocycles. The molecule has 2 amide bonds. The fraction of sp³-hybridized carbons (Fsp3) is 0.286. The van der Waals surface area contributed by atoms with E-state index < -0.39 is 33.1 Å². The number of carbonyl (C=O) groups excluding carboxylic acids is 2. The molecule has 2 N–H and O–H groups in total. The highest BCUT2D eigenvalue weighted by atomic mass is 32.2. The molecule has 0 radical (unpaired) electrons. The van der Waals surface area contributed by atoms with Crippen molar-refractivity contribution >= 4 is 22.6 Å². The third kappa shape index (κ3) is 5.06. The summed E-state index contributed by atoms with van der Waals surface area (Å²) in [5.74, 6) is -1.80. The summed E-state index contributed by atoms with van der Waals surface area (Å²) in [5, 5.41) is 17.0. The molecule has 0 spiro atoms. The normalized spacial score (nSPS) is 12.9. The first-order chi connectivity index (χ1) is 10.3. The van der Waals surface area contributed by atoms with Crippen LogP contribution in [-0.4, -0.2) is 60.2 Å². The lowest BCUT2D eigenvalue weighted by atomic mass is 10.3. The third-order valence-corrected chi connectivity index (χ3v) is 4.32. The van der Waals surface area contributed by atoms with Gasteiger partial charge in [0.05, 0.1) is 23.9 Å². The van der Waals surface area contributed by atoms with Gasteiger partial charge in [0.2, 0.25) is 0 Å². The Labute approximate surface area is 131 Å². The average Bonchev–Trinajstić information content (AvgIpc) is 2.48. The zero-order chi connectivity index (χ0) is 17.3. The molecule has 0 aromatic rings. The quantitative estimate of drug-likeness (QED) is 0.349. The molecule has 7 nitrogen and oxygen atoms in total. The molecular formula is C14H20N2O5S. The van der Waals surface area contributed by atoms with Crippen molar-refractivity contribution in [3.8, 4) is 0 Å². The first-order valence-corrected chi connectivity index (χ1v) is 7.50. The van der Waals surface area contributed by atoms with Crippen LogP contribution in [0.1, 0.15) is 0 Å². The van der Waals surface area contributed by atoms with Gasteiger partial charge in [0, 0.05) is 0 Å². The highest BCUT2D eigenvalue weighted by Crippen LogP contribution is 2.12. The molecule has 0 aliphatic carbocycles. The van der Waals surface area contributed by atoms with Crippen LogP contribution in [0.3, 0.4) is 0 Å². The number of amides is 2. The molecule has 8 heteroatoms. The van der Waals surface area contributed by atoms with Crippen molar-refractivity contribution in [2.45, 2.75) is 10.5 Å². The van der Waals surface area contributed by atoms with Gasteiger partial charge in [0.1, 0.15) is 10.5 Å². The second kappa shape index (κ2) is 9.82. The third-order valence-electron chi connectivity index (χ3n) is 2.53. The molecule has 0 saturated carbocycles. The Morgan fingerprint density at radius 2 is 1.23 bits per heavy atom. The molecule has 0 fully saturated rings. The zero-order valence-corrected chi connectivity index (χ0v) is 12.9. The minimum atomic E-state index is -2.11. The maximum atomic E-state index is 12.4. The minimum absolute atomic E-state index is 0.171. The number of hydroxylamine groups is 4.